The van der Waals surface area contributed by atoms with Gasteiger partial charge in [0.1, 0.15) is 5.69 Å². The van der Waals surface area contributed by atoms with Gasteiger partial charge in [-0.2, -0.15) is 0 Å². The van der Waals surface area contributed by atoms with Gasteiger partial charge in [0.05, 0.1) is 15.8 Å². The van der Waals surface area contributed by atoms with E-state index in [2.05, 4.69) is 27.7 Å². The Hall–Kier alpha value is -1.05. The Morgan fingerprint density at radius 1 is 0.727 bits per heavy atom. The molecule has 0 amide bonds. The summed E-state index contributed by atoms with van der Waals surface area (Å²) in [5, 5.41) is 1.21. The molecule has 1 aromatic rings. The van der Waals surface area contributed by atoms with Crippen molar-refractivity contribution in [3.8, 4) is 0 Å². The lowest BCUT2D eigenvalue weighted by atomic mass is 9.99. The fourth-order valence-corrected chi connectivity index (χ4v) is 3.77. The van der Waals surface area contributed by atoms with Crippen molar-refractivity contribution in [1.29, 1.82) is 0 Å². The molecule has 0 N–H and O–H groups in total. The van der Waals surface area contributed by atoms with E-state index in [1.54, 1.807) is 0 Å². The molecule has 0 aliphatic heterocycles. The SMILES string of the molecule is CCC1=C(CC)C(CC)=C(CC)C1=Nc1c(Cl)cccc1Cl. The Morgan fingerprint density at radius 2 is 1.14 bits per heavy atom. The number of benzene rings is 1. The molecule has 0 fully saturated rings. The van der Waals surface area contributed by atoms with Gasteiger partial charge < -0.3 is 0 Å². The van der Waals surface area contributed by atoms with Crippen LogP contribution in [0.25, 0.3) is 0 Å². The standard InChI is InChI=1S/C19H23Cl2N/c1-5-12-13(6-2)15(8-4)18(14(12)7-3)22-19-16(20)10-9-11-17(19)21/h9-11H,5-8H2,1-4H3. The summed E-state index contributed by atoms with van der Waals surface area (Å²) in [5.41, 5.74) is 7.41. The van der Waals surface area contributed by atoms with E-state index in [1.807, 2.05) is 18.2 Å². The van der Waals surface area contributed by atoms with Gasteiger partial charge in [-0.25, -0.2) is 4.99 Å². The molecular weight excluding hydrogens is 313 g/mol. The second-order valence-corrected chi connectivity index (χ2v) is 6.17. The number of para-hydroxylation sites is 1. The molecular formula is C19H23Cl2N. The van der Waals surface area contributed by atoms with Crippen LogP contribution in [-0.2, 0) is 0 Å². The Kier molecular flexibility index (Phi) is 5.88. The van der Waals surface area contributed by atoms with Gasteiger partial charge in [-0.15, -0.1) is 0 Å². The van der Waals surface area contributed by atoms with E-state index >= 15 is 0 Å². The first-order chi connectivity index (χ1) is 10.6. The number of allylic oxidation sites excluding steroid dienone is 4. The Balaban J connectivity index is 2.68. The summed E-state index contributed by atoms with van der Waals surface area (Å²) in [7, 11) is 0. The lowest BCUT2D eigenvalue weighted by Gasteiger charge is -2.09. The van der Waals surface area contributed by atoms with Crippen molar-refractivity contribution in [3.05, 3.63) is 50.5 Å². The predicted octanol–water partition coefficient (Wildman–Crippen LogP) is 7.31. The molecule has 0 radical (unpaired) electrons. The van der Waals surface area contributed by atoms with Crippen LogP contribution in [0.3, 0.4) is 0 Å². The van der Waals surface area contributed by atoms with E-state index in [0.29, 0.717) is 15.7 Å². The third kappa shape index (κ3) is 3.02. The first-order valence-electron chi connectivity index (χ1n) is 8.06. The predicted molar refractivity (Wildman–Crippen MR) is 98.8 cm³/mol. The van der Waals surface area contributed by atoms with Crippen LogP contribution in [-0.4, -0.2) is 5.71 Å². The van der Waals surface area contributed by atoms with Gasteiger partial charge in [0.25, 0.3) is 0 Å². The van der Waals surface area contributed by atoms with E-state index in [1.165, 1.54) is 22.3 Å². The van der Waals surface area contributed by atoms with Crippen LogP contribution in [0.15, 0.2) is 45.5 Å². The zero-order valence-corrected chi connectivity index (χ0v) is 15.3. The van der Waals surface area contributed by atoms with Gasteiger partial charge in [-0.05, 0) is 60.1 Å². The summed E-state index contributed by atoms with van der Waals surface area (Å²) in [4.78, 5) is 4.90. The number of hydrogen-bond donors (Lipinski definition) is 0. The number of nitrogens with zero attached hydrogens (tertiary/aromatic N) is 1. The first-order valence-corrected chi connectivity index (χ1v) is 8.82. The van der Waals surface area contributed by atoms with E-state index in [4.69, 9.17) is 28.2 Å². The summed E-state index contributed by atoms with van der Waals surface area (Å²) in [6, 6.07) is 5.53. The first kappa shape index (κ1) is 17.3. The second-order valence-electron chi connectivity index (χ2n) is 5.36. The van der Waals surface area contributed by atoms with Crippen LogP contribution in [0.1, 0.15) is 53.4 Å². The number of rotatable bonds is 5. The summed E-state index contributed by atoms with van der Waals surface area (Å²) >= 11 is 12.6. The molecule has 1 aliphatic rings. The summed E-state index contributed by atoms with van der Waals surface area (Å²) < 4.78 is 0. The second kappa shape index (κ2) is 7.48. The van der Waals surface area contributed by atoms with Crippen molar-refractivity contribution in [2.24, 2.45) is 4.99 Å². The van der Waals surface area contributed by atoms with Crippen LogP contribution in [0.4, 0.5) is 5.69 Å². The van der Waals surface area contributed by atoms with Crippen LogP contribution in [0, 0.1) is 0 Å². The highest BCUT2D eigenvalue weighted by Gasteiger charge is 2.26. The highest BCUT2D eigenvalue weighted by Crippen LogP contribution is 2.40. The van der Waals surface area contributed by atoms with Crippen molar-refractivity contribution in [1.82, 2.24) is 0 Å². The van der Waals surface area contributed by atoms with E-state index in [-0.39, 0.29) is 0 Å². The lowest BCUT2D eigenvalue weighted by Crippen LogP contribution is -2.02. The Morgan fingerprint density at radius 3 is 1.50 bits per heavy atom. The summed E-state index contributed by atoms with van der Waals surface area (Å²) in [5.74, 6) is 0. The molecule has 1 aromatic carbocycles. The molecule has 0 bridgehead atoms. The smallest absolute Gasteiger partial charge is 0.101 e. The maximum Gasteiger partial charge on any atom is 0.101 e. The van der Waals surface area contributed by atoms with Crippen molar-refractivity contribution in [3.63, 3.8) is 0 Å². The maximum absolute atomic E-state index is 6.31. The molecule has 1 nitrogen and oxygen atoms in total. The highest BCUT2D eigenvalue weighted by atomic mass is 35.5. The van der Waals surface area contributed by atoms with Crippen molar-refractivity contribution >= 4 is 34.6 Å². The molecule has 3 heteroatoms. The Labute approximate surface area is 143 Å². The minimum Gasteiger partial charge on any atom is -0.245 e. The van der Waals surface area contributed by atoms with Gasteiger partial charge in [0.15, 0.2) is 0 Å². The van der Waals surface area contributed by atoms with Crippen LogP contribution in [0.2, 0.25) is 10.0 Å². The number of aliphatic imine (C=N–C) groups is 1. The molecule has 2 rings (SSSR count). The molecule has 0 atom stereocenters. The fourth-order valence-electron chi connectivity index (χ4n) is 3.29. The molecule has 0 saturated heterocycles. The molecule has 118 valence electrons. The van der Waals surface area contributed by atoms with E-state index in [0.717, 1.165) is 31.4 Å². The molecule has 0 spiro atoms. The summed E-state index contributed by atoms with van der Waals surface area (Å²) in [6.45, 7) is 8.83. The minimum atomic E-state index is 0.605. The zero-order valence-electron chi connectivity index (χ0n) is 13.8. The van der Waals surface area contributed by atoms with Crippen molar-refractivity contribution in [2.75, 3.05) is 0 Å². The maximum atomic E-state index is 6.31. The minimum absolute atomic E-state index is 0.605. The number of halogens is 2. The Bertz CT molecular complexity index is 616. The van der Waals surface area contributed by atoms with Gasteiger partial charge >= 0.3 is 0 Å². The lowest BCUT2D eigenvalue weighted by molar-refractivity contribution is 0.985. The van der Waals surface area contributed by atoms with Gasteiger partial charge in [-0.3, -0.25) is 0 Å². The van der Waals surface area contributed by atoms with Gasteiger partial charge in [0, 0.05) is 0 Å². The topological polar surface area (TPSA) is 12.4 Å². The van der Waals surface area contributed by atoms with Crippen LogP contribution >= 0.6 is 23.2 Å². The molecule has 22 heavy (non-hydrogen) atoms. The third-order valence-corrected chi connectivity index (χ3v) is 4.85. The third-order valence-electron chi connectivity index (χ3n) is 4.24. The highest BCUT2D eigenvalue weighted by molar-refractivity contribution is 6.39. The number of hydrogen-bond acceptors (Lipinski definition) is 1. The summed E-state index contributed by atoms with van der Waals surface area (Å²) in [6.07, 6.45) is 4.06. The van der Waals surface area contributed by atoms with Gasteiger partial charge in [-0.1, -0.05) is 57.0 Å². The fraction of sp³-hybridized carbons (Fsp3) is 0.421. The molecule has 0 aromatic heterocycles. The zero-order chi connectivity index (χ0) is 16.3. The quantitative estimate of drug-likeness (QED) is 0.534. The molecule has 0 heterocycles. The average Bonchev–Trinajstić information content (AvgIpc) is 2.82. The molecule has 0 saturated carbocycles. The van der Waals surface area contributed by atoms with Crippen LogP contribution < -0.4 is 0 Å². The molecule has 1 aliphatic carbocycles. The van der Waals surface area contributed by atoms with Gasteiger partial charge in [0.2, 0.25) is 0 Å². The van der Waals surface area contributed by atoms with Crippen LogP contribution in [0.5, 0.6) is 0 Å². The largest absolute Gasteiger partial charge is 0.245 e. The van der Waals surface area contributed by atoms with Crippen molar-refractivity contribution in [2.45, 2.75) is 53.4 Å². The molecule has 0 unspecified atom stereocenters. The monoisotopic (exact) mass is 335 g/mol. The average molecular weight is 336 g/mol. The van der Waals surface area contributed by atoms with E-state index in [9.17, 15) is 0 Å². The van der Waals surface area contributed by atoms with Crippen molar-refractivity contribution < 1.29 is 0 Å². The van der Waals surface area contributed by atoms with E-state index < -0.39 is 0 Å². The normalized spacial score (nSPS) is 15.1.